The lowest BCUT2D eigenvalue weighted by Gasteiger charge is -2.11. The molecule has 2 atom stereocenters. The Morgan fingerprint density at radius 3 is 2.77 bits per heavy atom. The largest absolute Gasteiger partial charge is 0.497 e. The number of benzene rings is 1. The van der Waals surface area contributed by atoms with Crippen molar-refractivity contribution in [2.75, 3.05) is 7.11 Å². The Balaban J connectivity index is 2.31. The van der Waals surface area contributed by atoms with Crippen LogP contribution in [0.15, 0.2) is 24.3 Å². The molecule has 0 spiro atoms. The molecule has 0 aliphatic heterocycles. The average Bonchev–Trinajstić information content (AvgIpc) is 2.77. The van der Waals surface area contributed by atoms with Crippen molar-refractivity contribution in [3.05, 3.63) is 29.8 Å². The molecule has 13 heavy (non-hydrogen) atoms. The number of nitrogens with two attached hydrogens (primary N) is 1. The van der Waals surface area contributed by atoms with Crippen LogP contribution in [0.5, 0.6) is 5.75 Å². The molecule has 0 aromatic heterocycles. The van der Waals surface area contributed by atoms with E-state index in [0.717, 1.165) is 12.2 Å². The third kappa shape index (κ3) is 1.31. The van der Waals surface area contributed by atoms with Crippen LogP contribution in [-0.2, 0) is 5.41 Å². The molecule has 2 N–H and O–H groups in total. The van der Waals surface area contributed by atoms with Gasteiger partial charge in [0.25, 0.3) is 0 Å². The van der Waals surface area contributed by atoms with Gasteiger partial charge < -0.3 is 10.5 Å². The van der Waals surface area contributed by atoms with Gasteiger partial charge in [-0.3, -0.25) is 0 Å². The van der Waals surface area contributed by atoms with Crippen LogP contribution in [-0.4, -0.2) is 13.2 Å². The van der Waals surface area contributed by atoms with Crippen molar-refractivity contribution in [2.45, 2.75) is 24.8 Å². The standard InChI is InChI=1S/C11H15NO/c1-11(7-10(11)12)8-4-3-5-9(6-8)13-2/h3-6,10H,7,12H2,1-2H3/t10-,11+/m0/s1. The van der Waals surface area contributed by atoms with Crippen molar-refractivity contribution in [3.63, 3.8) is 0 Å². The zero-order valence-corrected chi connectivity index (χ0v) is 8.08. The lowest BCUT2D eigenvalue weighted by molar-refractivity contribution is 0.413. The Hall–Kier alpha value is -1.02. The van der Waals surface area contributed by atoms with Crippen molar-refractivity contribution in [2.24, 2.45) is 5.73 Å². The van der Waals surface area contributed by atoms with Crippen molar-refractivity contribution in [1.29, 1.82) is 0 Å². The van der Waals surface area contributed by atoms with Crippen LogP contribution in [0.1, 0.15) is 18.9 Å². The van der Waals surface area contributed by atoms with Gasteiger partial charge in [0.2, 0.25) is 0 Å². The molecule has 2 rings (SSSR count). The number of hydrogen-bond donors (Lipinski definition) is 1. The van der Waals surface area contributed by atoms with Gasteiger partial charge >= 0.3 is 0 Å². The highest BCUT2D eigenvalue weighted by Gasteiger charge is 2.48. The summed E-state index contributed by atoms with van der Waals surface area (Å²) in [6.45, 7) is 2.20. The van der Waals surface area contributed by atoms with E-state index in [2.05, 4.69) is 19.1 Å². The Morgan fingerprint density at radius 2 is 2.23 bits per heavy atom. The average molecular weight is 177 g/mol. The summed E-state index contributed by atoms with van der Waals surface area (Å²) in [6, 6.07) is 8.49. The third-order valence-corrected chi connectivity index (χ3v) is 3.03. The second kappa shape index (κ2) is 2.74. The van der Waals surface area contributed by atoms with E-state index in [1.54, 1.807) is 7.11 Å². The fraction of sp³-hybridized carbons (Fsp3) is 0.455. The van der Waals surface area contributed by atoms with E-state index in [0.29, 0.717) is 6.04 Å². The molecule has 1 fully saturated rings. The molecule has 1 aromatic rings. The summed E-state index contributed by atoms with van der Waals surface area (Å²) in [5.41, 5.74) is 7.36. The first-order valence-electron chi connectivity index (χ1n) is 4.57. The number of ether oxygens (including phenoxy) is 1. The Morgan fingerprint density at radius 1 is 1.54 bits per heavy atom. The summed E-state index contributed by atoms with van der Waals surface area (Å²) in [7, 11) is 1.69. The number of rotatable bonds is 2. The summed E-state index contributed by atoms with van der Waals surface area (Å²) in [4.78, 5) is 0. The lowest BCUT2D eigenvalue weighted by Crippen LogP contribution is -2.14. The Kier molecular flexibility index (Phi) is 1.81. The molecule has 0 heterocycles. The number of hydrogen-bond acceptors (Lipinski definition) is 2. The molecule has 2 heteroatoms. The molecule has 70 valence electrons. The van der Waals surface area contributed by atoms with E-state index < -0.39 is 0 Å². The van der Waals surface area contributed by atoms with Crippen LogP contribution in [0, 0.1) is 0 Å². The van der Waals surface area contributed by atoms with Gasteiger partial charge in [0, 0.05) is 11.5 Å². The highest BCUT2D eigenvalue weighted by Crippen LogP contribution is 2.46. The molecule has 0 radical (unpaired) electrons. The van der Waals surface area contributed by atoms with E-state index in [4.69, 9.17) is 10.5 Å². The van der Waals surface area contributed by atoms with E-state index >= 15 is 0 Å². The molecular weight excluding hydrogens is 162 g/mol. The van der Waals surface area contributed by atoms with Gasteiger partial charge in [-0.1, -0.05) is 19.1 Å². The smallest absolute Gasteiger partial charge is 0.119 e. The summed E-state index contributed by atoms with van der Waals surface area (Å²) in [5.74, 6) is 0.915. The first kappa shape index (κ1) is 8.57. The SMILES string of the molecule is COc1cccc([C@@]2(C)C[C@@H]2N)c1. The molecule has 0 unspecified atom stereocenters. The monoisotopic (exact) mass is 177 g/mol. The zero-order valence-electron chi connectivity index (χ0n) is 8.08. The van der Waals surface area contributed by atoms with Crippen LogP contribution in [0.4, 0.5) is 0 Å². The maximum atomic E-state index is 5.88. The van der Waals surface area contributed by atoms with Gasteiger partial charge in [-0.25, -0.2) is 0 Å². The van der Waals surface area contributed by atoms with E-state index in [1.807, 2.05) is 12.1 Å². The van der Waals surface area contributed by atoms with Crippen molar-refractivity contribution >= 4 is 0 Å². The molecule has 1 aliphatic carbocycles. The molecule has 0 saturated heterocycles. The van der Waals surface area contributed by atoms with E-state index in [1.165, 1.54) is 5.56 Å². The molecule has 1 aliphatic rings. The second-order valence-electron chi connectivity index (χ2n) is 3.96. The lowest BCUT2D eigenvalue weighted by atomic mass is 9.97. The summed E-state index contributed by atoms with van der Waals surface area (Å²) >= 11 is 0. The predicted molar refractivity (Wildman–Crippen MR) is 52.9 cm³/mol. The minimum atomic E-state index is 0.189. The third-order valence-electron chi connectivity index (χ3n) is 3.03. The Labute approximate surface area is 78.7 Å². The van der Waals surface area contributed by atoms with Gasteiger partial charge in [0.1, 0.15) is 5.75 Å². The highest BCUT2D eigenvalue weighted by molar-refractivity contribution is 5.39. The van der Waals surface area contributed by atoms with E-state index in [9.17, 15) is 0 Å². The first-order chi connectivity index (χ1) is 6.16. The molecule has 1 saturated carbocycles. The molecule has 0 amide bonds. The fourth-order valence-corrected chi connectivity index (χ4v) is 1.71. The molecule has 1 aromatic carbocycles. The van der Waals surface area contributed by atoms with Crippen LogP contribution in [0.25, 0.3) is 0 Å². The van der Waals surface area contributed by atoms with Crippen LogP contribution < -0.4 is 10.5 Å². The molecule has 2 nitrogen and oxygen atoms in total. The summed E-state index contributed by atoms with van der Waals surface area (Å²) in [6.07, 6.45) is 1.08. The maximum Gasteiger partial charge on any atom is 0.119 e. The maximum absolute atomic E-state index is 5.88. The fourth-order valence-electron chi connectivity index (χ4n) is 1.71. The van der Waals surface area contributed by atoms with Crippen LogP contribution in [0.2, 0.25) is 0 Å². The molecule has 0 bridgehead atoms. The van der Waals surface area contributed by atoms with Crippen molar-refractivity contribution < 1.29 is 4.74 Å². The van der Waals surface area contributed by atoms with Gasteiger partial charge in [-0.05, 0) is 24.1 Å². The zero-order chi connectivity index (χ0) is 9.47. The van der Waals surface area contributed by atoms with Crippen LogP contribution in [0.3, 0.4) is 0 Å². The summed E-state index contributed by atoms with van der Waals surface area (Å²) in [5, 5.41) is 0. The van der Waals surface area contributed by atoms with E-state index in [-0.39, 0.29) is 5.41 Å². The first-order valence-corrected chi connectivity index (χ1v) is 4.57. The number of methoxy groups -OCH3 is 1. The molecular formula is C11H15NO. The quantitative estimate of drug-likeness (QED) is 0.746. The van der Waals surface area contributed by atoms with Crippen LogP contribution >= 0.6 is 0 Å². The van der Waals surface area contributed by atoms with Crippen molar-refractivity contribution in [1.82, 2.24) is 0 Å². The summed E-state index contributed by atoms with van der Waals surface area (Å²) < 4.78 is 5.17. The van der Waals surface area contributed by atoms with Gasteiger partial charge in [0.15, 0.2) is 0 Å². The van der Waals surface area contributed by atoms with Crippen molar-refractivity contribution in [3.8, 4) is 5.75 Å². The minimum Gasteiger partial charge on any atom is -0.497 e. The highest BCUT2D eigenvalue weighted by atomic mass is 16.5. The second-order valence-corrected chi connectivity index (χ2v) is 3.96. The Bertz CT molecular complexity index is 324. The predicted octanol–water partition coefficient (Wildman–Crippen LogP) is 1.68. The minimum absolute atomic E-state index is 0.189. The van der Waals surface area contributed by atoms with Gasteiger partial charge in [0.05, 0.1) is 7.11 Å². The van der Waals surface area contributed by atoms with Gasteiger partial charge in [-0.15, -0.1) is 0 Å². The van der Waals surface area contributed by atoms with Gasteiger partial charge in [-0.2, -0.15) is 0 Å². The normalized spacial score (nSPS) is 31.5. The topological polar surface area (TPSA) is 35.2 Å².